The van der Waals surface area contributed by atoms with Crippen molar-refractivity contribution in [3.8, 4) is 5.75 Å². The Balaban J connectivity index is 1.64. The molecule has 0 atom stereocenters. The number of hydrogen-bond donors (Lipinski definition) is 0. The van der Waals surface area contributed by atoms with Crippen molar-refractivity contribution in [1.29, 1.82) is 0 Å². The summed E-state index contributed by atoms with van der Waals surface area (Å²) in [6.45, 7) is 2.34. The zero-order chi connectivity index (χ0) is 22.7. The summed E-state index contributed by atoms with van der Waals surface area (Å²) in [6, 6.07) is 18.9. The molecule has 0 saturated carbocycles. The third-order valence-corrected chi connectivity index (χ3v) is 6.12. The summed E-state index contributed by atoms with van der Waals surface area (Å²) >= 11 is 13.4. The molecule has 0 unspecified atom stereocenters. The lowest BCUT2D eigenvalue weighted by Crippen LogP contribution is -2.22. The molecule has 8 heteroatoms. The van der Waals surface area contributed by atoms with Gasteiger partial charge in [-0.15, -0.1) is 0 Å². The highest BCUT2D eigenvalue weighted by molar-refractivity contribution is 9.10. The second kappa shape index (κ2) is 9.98. The third kappa shape index (κ3) is 4.95. The van der Waals surface area contributed by atoms with Gasteiger partial charge in [0.2, 0.25) is 0 Å². The van der Waals surface area contributed by atoms with E-state index in [1.807, 2.05) is 55.5 Å². The SMILES string of the molecule is CCc1nc2ccc(Br)cc2c(=O)n1N=Cc1cc(Cl)c(OCc2ccccc2)c(Br)c1. The lowest BCUT2D eigenvalue weighted by Gasteiger charge is -2.11. The van der Waals surface area contributed by atoms with E-state index in [0.29, 0.717) is 45.0 Å². The van der Waals surface area contributed by atoms with Gasteiger partial charge in [0.25, 0.3) is 5.56 Å². The summed E-state index contributed by atoms with van der Waals surface area (Å²) in [7, 11) is 0. The number of aryl methyl sites for hydroxylation is 1. The number of halogens is 3. The van der Waals surface area contributed by atoms with Crippen molar-refractivity contribution in [3.05, 3.63) is 102 Å². The van der Waals surface area contributed by atoms with Crippen LogP contribution in [0.1, 0.15) is 23.9 Å². The van der Waals surface area contributed by atoms with Crippen LogP contribution in [0.5, 0.6) is 5.75 Å². The minimum Gasteiger partial charge on any atom is -0.486 e. The summed E-state index contributed by atoms with van der Waals surface area (Å²) in [4.78, 5) is 17.6. The number of fused-ring (bicyclic) bond motifs is 1. The second-order valence-electron chi connectivity index (χ2n) is 6.99. The van der Waals surface area contributed by atoms with E-state index in [9.17, 15) is 4.79 Å². The van der Waals surface area contributed by atoms with Gasteiger partial charge in [0.1, 0.15) is 12.4 Å². The maximum absolute atomic E-state index is 13.0. The quantitative estimate of drug-likeness (QED) is 0.244. The summed E-state index contributed by atoms with van der Waals surface area (Å²) in [5.74, 6) is 1.13. The second-order valence-corrected chi connectivity index (χ2v) is 9.17. The molecule has 32 heavy (non-hydrogen) atoms. The number of rotatable bonds is 6. The molecule has 0 N–H and O–H groups in total. The monoisotopic (exact) mass is 573 g/mol. The highest BCUT2D eigenvalue weighted by Gasteiger charge is 2.11. The van der Waals surface area contributed by atoms with Crippen molar-refractivity contribution in [2.75, 3.05) is 0 Å². The van der Waals surface area contributed by atoms with Gasteiger partial charge in [0.15, 0.2) is 5.75 Å². The van der Waals surface area contributed by atoms with Gasteiger partial charge >= 0.3 is 0 Å². The Bertz CT molecular complexity index is 1350. The number of hydrogen-bond acceptors (Lipinski definition) is 4. The highest BCUT2D eigenvalue weighted by atomic mass is 79.9. The predicted octanol–water partition coefficient (Wildman–Crippen LogP) is 6.60. The van der Waals surface area contributed by atoms with Gasteiger partial charge in [-0.2, -0.15) is 9.78 Å². The van der Waals surface area contributed by atoms with Crippen molar-refractivity contribution in [2.24, 2.45) is 5.10 Å². The van der Waals surface area contributed by atoms with Crippen molar-refractivity contribution in [3.63, 3.8) is 0 Å². The van der Waals surface area contributed by atoms with Gasteiger partial charge < -0.3 is 4.74 Å². The van der Waals surface area contributed by atoms with E-state index in [0.717, 1.165) is 15.6 Å². The normalized spacial score (nSPS) is 11.4. The van der Waals surface area contributed by atoms with Crippen LogP contribution < -0.4 is 10.3 Å². The molecule has 3 aromatic carbocycles. The fourth-order valence-electron chi connectivity index (χ4n) is 3.19. The molecule has 0 aliphatic carbocycles. The maximum atomic E-state index is 13.0. The molecule has 1 heterocycles. The van der Waals surface area contributed by atoms with Crippen molar-refractivity contribution >= 4 is 60.6 Å². The van der Waals surface area contributed by atoms with Crippen LogP contribution in [0, 0.1) is 0 Å². The molecule has 0 bridgehead atoms. The lowest BCUT2D eigenvalue weighted by atomic mass is 10.2. The summed E-state index contributed by atoms with van der Waals surface area (Å²) in [5.41, 5.74) is 2.19. The first-order valence-electron chi connectivity index (χ1n) is 9.87. The first kappa shape index (κ1) is 22.7. The molecule has 0 fully saturated rings. The lowest BCUT2D eigenvalue weighted by molar-refractivity contribution is 0.304. The van der Waals surface area contributed by atoms with Crippen LogP contribution in [0.15, 0.2) is 79.5 Å². The minimum absolute atomic E-state index is 0.225. The van der Waals surface area contributed by atoms with Crippen LogP contribution in [-0.4, -0.2) is 15.9 Å². The maximum Gasteiger partial charge on any atom is 0.282 e. The molecular formula is C24H18Br2ClN3O2. The molecule has 1 aromatic heterocycles. The average molecular weight is 576 g/mol. The smallest absolute Gasteiger partial charge is 0.282 e. The Morgan fingerprint density at radius 3 is 2.62 bits per heavy atom. The zero-order valence-corrected chi connectivity index (χ0v) is 21.0. The standard InChI is InChI=1S/C24H18Br2ClN3O2/c1-2-22-29-21-9-8-17(25)12-18(21)24(31)30(22)28-13-16-10-19(26)23(20(27)11-16)32-14-15-6-4-3-5-7-15/h3-13H,2,14H2,1H3. The summed E-state index contributed by atoms with van der Waals surface area (Å²) in [5, 5.41) is 5.36. The molecule has 0 aliphatic heterocycles. The van der Waals surface area contributed by atoms with Crippen LogP contribution in [0.25, 0.3) is 10.9 Å². The Labute approximate surface area is 207 Å². The number of nitrogens with zero attached hydrogens (tertiary/aromatic N) is 3. The molecule has 0 amide bonds. The molecule has 4 aromatic rings. The Kier molecular flexibility index (Phi) is 7.08. The van der Waals surface area contributed by atoms with E-state index < -0.39 is 0 Å². The molecule has 0 saturated heterocycles. The zero-order valence-electron chi connectivity index (χ0n) is 17.1. The van der Waals surface area contributed by atoms with Crippen molar-refractivity contribution < 1.29 is 4.74 Å². The van der Waals surface area contributed by atoms with Crippen LogP contribution in [0.4, 0.5) is 0 Å². The fraction of sp³-hybridized carbons (Fsp3) is 0.125. The van der Waals surface area contributed by atoms with E-state index in [2.05, 4.69) is 41.9 Å². The Morgan fingerprint density at radius 1 is 1.12 bits per heavy atom. The molecule has 162 valence electrons. The topological polar surface area (TPSA) is 56.5 Å². The molecule has 0 radical (unpaired) electrons. The van der Waals surface area contributed by atoms with E-state index >= 15 is 0 Å². The largest absolute Gasteiger partial charge is 0.486 e. The third-order valence-electron chi connectivity index (χ3n) is 4.76. The molecule has 0 spiro atoms. The van der Waals surface area contributed by atoms with Gasteiger partial charge in [-0.3, -0.25) is 4.79 Å². The van der Waals surface area contributed by atoms with E-state index in [-0.39, 0.29) is 5.56 Å². The minimum atomic E-state index is -0.225. The molecule has 0 aliphatic rings. The fourth-order valence-corrected chi connectivity index (χ4v) is 4.54. The Morgan fingerprint density at radius 2 is 1.91 bits per heavy atom. The first-order chi connectivity index (χ1) is 15.5. The van der Waals surface area contributed by atoms with Gasteiger partial charge in [-0.1, -0.05) is 64.8 Å². The first-order valence-corrected chi connectivity index (χ1v) is 11.8. The van der Waals surface area contributed by atoms with E-state index in [1.54, 1.807) is 18.3 Å². The van der Waals surface area contributed by atoms with Crippen molar-refractivity contribution in [2.45, 2.75) is 20.0 Å². The van der Waals surface area contributed by atoms with Crippen LogP contribution in [0.2, 0.25) is 5.02 Å². The molecule has 4 rings (SSSR count). The highest BCUT2D eigenvalue weighted by Crippen LogP contribution is 2.34. The van der Waals surface area contributed by atoms with Crippen molar-refractivity contribution in [1.82, 2.24) is 9.66 Å². The predicted molar refractivity (Wildman–Crippen MR) is 136 cm³/mol. The van der Waals surface area contributed by atoms with Gasteiger partial charge in [-0.25, -0.2) is 4.98 Å². The van der Waals surface area contributed by atoms with E-state index in [4.69, 9.17) is 16.3 Å². The number of aromatic nitrogens is 2. The van der Waals surface area contributed by atoms with Gasteiger partial charge in [0.05, 0.1) is 26.6 Å². The van der Waals surface area contributed by atoms with Crippen LogP contribution in [0.3, 0.4) is 0 Å². The molecular weight excluding hydrogens is 558 g/mol. The van der Waals surface area contributed by atoms with Gasteiger partial charge in [0, 0.05) is 10.9 Å². The summed E-state index contributed by atoms with van der Waals surface area (Å²) < 4.78 is 8.73. The number of benzene rings is 3. The molecule has 5 nitrogen and oxygen atoms in total. The average Bonchev–Trinajstić information content (AvgIpc) is 2.79. The Hall–Kier alpha value is -2.48. The summed E-state index contributed by atoms with van der Waals surface area (Å²) in [6.07, 6.45) is 2.15. The number of ether oxygens (including phenoxy) is 1. The van der Waals surface area contributed by atoms with Crippen LogP contribution >= 0.6 is 43.5 Å². The van der Waals surface area contributed by atoms with Gasteiger partial charge in [-0.05, 0) is 57.4 Å². The van der Waals surface area contributed by atoms with Crippen LogP contribution in [-0.2, 0) is 13.0 Å². The van der Waals surface area contributed by atoms with E-state index in [1.165, 1.54) is 4.68 Å².